The summed E-state index contributed by atoms with van der Waals surface area (Å²) in [6.45, 7) is 0.340. The van der Waals surface area contributed by atoms with Crippen molar-refractivity contribution in [2.45, 2.75) is 6.42 Å². The van der Waals surface area contributed by atoms with Gasteiger partial charge in [0.2, 0.25) is 0 Å². The summed E-state index contributed by atoms with van der Waals surface area (Å²) in [6, 6.07) is 14.3. The van der Waals surface area contributed by atoms with Crippen LogP contribution in [0, 0.1) is 0 Å². The molecule has 0 aromatic heterocycles. The molecule has 0 aliphatic rings. The summed E-state index contributed by atoms with van der Waals surface area (Å²) >= 11 is 0. The number of ether oxygens (including phenoxy) is 2. The molecule has 0 unspecified atom stereocenters. The van der Waals surface area contributed by atoms with Crippen molar-refractivity contribution >= 4 is 18.1 Å². The van der Waals surface area contributed by atoms with Crippen LogP contribution in [0.4, 0.5) is 0 Å². The summed E-state index contributed by atoms with van der Waals surface area (Å²) in [4.78, 5) is 28.0. The average molecular weight is 370 g/mol. The topological polar surface area (TPSA) is 86.2 Å². The molecule has 0 atom stereocenters. The molecule has 27 heavy (non-hydrogen) atoms. The standard InChI is InChI=1S/C20H22N2O5/c1-25-18-9-5-15(6-10-18)11-12-21-19(23)14-27-22-13-16-3-7-17(8-4-16)20(24)26-2/h3-10,13H,11-12,14H2,1-2H3,(H,21,23)/b22-13-. The Morgan fingerprint density at radius 3 is 2.37 bits per heavy atom. The molecule has 0 heterocycles. The van der Waals surface area contributed by atoms with Gasteiger partial charge < -0.3 is 19.6 Å². The van der Waals surface area contributed by atoms with Crippen molar-refractivity contribution in [2.24, 2.45) is 5.16 Å². The zero-order chi connectivity index (χ0) is 19.5. The van der Waals surface area contributed by atoms with Crippen LogP contribution in [0.5, 0.6) is 5.75 Å². The second-order valence-electron chi connectivity index (χ2n) is 5.57. The van der Waals surface area contributed by atoms with E-state index in [0.717, 1.165) is 16.9 Å². The first-order valence-corrected chi connectivity index (χ1v) is 8.35. The number of rotatable bonds is 9. The summed E-state index contributed by atoms with van der Waals surface area (Å²) < 4.78 is 9.72. The Hall–Kier alpha value is -3.35. The summed E-state index contributed by atoms with van der Waals surface area (Å²) in [6.07, 6.45) is 2.18. The summed E-state index contributed by atoms with van der Waals surface area (Å²) in [5.74, 6) is 0.150. The second kappa shape index (κ2) is 10.6. The van der Waals surface area contributed by atoms with Crippen molar-refractivity contribution in [1.82, 2.24) is 5.32 Å². The van der Waals surface area contributed by atoms with Crippen molar-refractivity contribution < 1.29 is 23.9 Å². The van der Waals surface area contributed by atoms with Gasteiger partial charge in [0.1, 0.15) is 5.75 Å². The lowest BCUT2D eigenvalue weighted by Crippen LogP contribution is -2.28. The molecule has 0 saturated heterocycles. The van der Waals surface area contributed by atoms with E-state index in [2.05, 4.69) is 15.2 Å². The van der Waals surface area contributed by atoms with Crippen molar-refractivity contribution in [2.75, 3.05) is 27.4 Å². The fourth-order valence-corrected chi connectivity index (χ4v) is 2.21. The van der Waals surface area contributed by atoms with E-state index in [1.807, 2.05) is 24.3 Å². The molecular weight excluding hydrogens is 348 g/mol. The summed E-state index contributed by atoms with van der Waals surface area (Å²) in [7, 11) is 2.95. The predicted octanol–water partition coefficient (Wildman–Crippen LogP) is 2.19. The van der Waals surface area contributed by atoms with Crippen LogP contribution in [0.15, 0.2) is 53.7 Å². The van der Waals surface area contributed by atoms with Gasteiger partial charge in [-0.15, -0.1) is 0 Å². The maximum atomic E-state index is 11.7. The van der Waals surface area contributed by atoms with Crippen molar-refractivity contribution in [3.8, 4) is 5.75 Å². The predicted molar refractivity (Wildman–Crippen MR) is 101 cm³/mol. The Morgan fingerprint density at radius 2 is 1.74 bits per heavy atom. The van der Waals surface area contributed by atoms with Crippen LogP contribution in [0.2, 0.25) is 0 Å². The minimum atomic E-state index is -0.402. The molecule has 2 rings (SSSR count). The molecule has 2 aromatic rings. The Balaban J connectivity index is 1.66. The first-order chi connectivity index (χ1) is 13.1. The van der Waals surface area contributed by atoms with E-state index >= 15 is 0 Å². The fourth-order valence-electron chi connectivity index (χ4n) is 2.21. The van der Waals surface area contributed by atoms with Crippen LogP contribution >= 0.6 is 0 Å². The van der Waals surface area contributed by atoms with Crippen LogP contribution < -0.4 is 10.1 Å². The number of methoxy groups -OCH3 is 2. The third kappa shape index (κ3) is 6.81. The van der Waals surface area contributed by atoms with Gasteiger partial charge in [0.05, 0.1) is 26.0 Å². The third-order valence-electron chi connectivity index (χ3n) is 3.70. The van der Waals surface area contributed by atoms with Gasteiger partial charge >= 0.3 is 5.97 Å². The summed E-state index contributed by atoms with van der Waals surface area (Å²) in [5.41, 5.74) is 2.29. The number of hydrogen-bond donors (Lipinski definition) is 1. The minimum Gasteiger partial charge on any atom is -0.497 e. The van der Waals surface area contributed by atoms with E-state index in [1.54, 1.807) is 31.4 Å². The molecule has 0 aliphatic heterocycles. The highest BCUT2D eigenvalue weighted by molar-refractivity contribution is 5.90. The normalized spacial score (nSPS) is 10.4. The van der Waals surface area contributed by atoms with E-state index in [4.69, 9.17) is 9.57 Å². The van der Waals surface area contributed by atoms with Crippen LogP contribution in [0.25, 0.3) is 0 Å². The van der Waals surface area contributed by atoms with Gasteiger partial charge in [-0.25, -0.2) is 4.79 Å². The number of carbonyl (C=O) groups excluding carboxylic acids is 2. The Bertz CT molecular complexity index is 770. The van der Waals surface area contributed by atoms with Gasteiger partial charge in [0.15, 0.2) is 6.61 Å². The van der Waals surface area contributed by atoms with Gasteiger partial charge in [-0.3, -0.25) is 4.79 Å². The van der Waals surface area contributed by atoms with E-state index < -0.39 is 5.97 Å². The average Bonchev–Trinajstić information content (AvgIpc) is 2.71. The van der Waals surface area contributed by atoms with E-state index in [0.29, 0.717) is 18.5 Å². The molecule has 7 nitrogen and oxygen atoms in total. The summed E-state index contributed by atoms with van der Waals surface area (Å²) in [5, 5.41) is 6.51. The number of benzene rings is 2. The molecule has 1 amide bonds. The molecule has 2 aromatic carbocycles. The van der Waals surface area contributed by atoms with Crippen molar-refractivity contribution in [1.29, 1.82) is 0 Å². The van der Waals surface area contributed by atoms with Crippen molar-refractivity contribution in [3.05, 3.63) is 65.2 Å². The molecular formula is C20H22N2O5. The lowest BCUT2D eigenvalue weighted by Gasteiger charge is -2.05. The molecule has 0 spiro atoms. The monoisotopic (exact) mass is 370 g/mol. The molecule has 1 N–H and O–H groups in total. The van der Waals surface area contributed by atoms with Crippen LogP contribution in [-0.4, -0.2) is 45.5 Å². The largest absolute Gasteiger partial charge is 0.497 e. The molecule has 0 fully saturated rings. The quantitative estimate of drug-likeness (QED) is 0.415. The molecule has 0 saturated carbocycles. The zero-order valence-electron chi connectivity index (χ0n) is 15.3. The highest BCUT2D eigenvalue weighted by atomic mass is 16.6. The van der Waals surface area contributed by atoms with Crippen LogP contribution in [0.3, 0.4) is 0 Å². The van der Waals surface area contributed by atoms with Gasteiger partial charge in [0.25, 0.3) is 5.91 Å². The highest BCUT2D eigenvalue weighted by Crippen LogP contribution is 2.11. The number of hydrogen-bond acceptors (Lipinski definition) is 6. The number of carbonyl (C=O) groups is 2. The van der Waals surface area contributed by atoms with Gasteiger partial charge in [0, 0.05) is 6.54 Å². The Labute approximate surface area is 157 Å². The number of esters is 1. The van der Waals surface area contributed by atoms with Gasteiger partial charge in [-0.1, -0.05) is 29.4 Å². The Kier molecular flexibility index (Phi) is 7.84. The molecule has 142 valence electrons. The molecule has 7 heteroatoms. The smallest absolute Gasteiger partial charge is 0.337 e. The number of nitrogens with one attached hydrogen (secondary N) is 1. The van der Waals surface area contributed by atoms with E-state index in [1.165, 1.54) is 13.3 Å². The number of nitrogens with zero attached hydrogens (tertiary/aromatic N) is 1. The SMILES string of the molecule is COC(=O)c1ccc(/C=N\OCC(=O)NCCc2ccc(OC)cc2)cc1. The first-order valence-electron chi connectivity index (χ1n) is 8.35. The molecule has 0 aliphatic carbocycles. The van der Waals surface area contributed by atoms with Crippen LogP contribution in [-0.2, 0) is 20.8 Å². The molecule has 0 radical (unpaired) electrons. The number of oxime groups is 1. The zero-order valence-corrected chi connectivity index (χ0v) is 15.3. The molecule has 0 bridgehead atoms. The Morgan fingerprint density at radius 1 is 1.04 bits per heavy atom. The van der Waals surface area contributed by atoms with Crippen molar-refractivity contribution in [3.63, 3.8) is 0 Å². The third-order valence-corrected chi connectivity index (χ3v) is 3.70. The maximum Gasteiger partial charge on any atom is 0.337 e. The lowest BCUT2D eigenvalue weighted by molar-refractivity contribution is -0.125. The highest BCUT2D eigenvalue weighted by Gasteiger charge is 2.04. The van der Waals surface area contributed by atoms with E-state index in [9.17, 15) is 9.59 Å². The maximum absolute atomic E-state index is 11.7. The number of amides is 1. The van der Waals surface area contributed by atoms with Gasteiger partial charge in [-0.2, -0.15) is 0 Å². The first kappa shape index (κ1) is 20.0. The second-order valence-corrected chi connectivity index (χ2v) is 5.57. The minimum absolute atomic E-state index is 0.167. The van der Waals surface area contributed by atoms with Crippen LogP contribution in [0.1, 0.15) is 21.5 Å². The van der Waals surface area contributed by atoms with E-state index in [-0.39, 0.29) is 12.5 Å². The van der Waals surface area contributed by atoms with Gasteiger partial charge in [-0.05, 0) is 41.8 Å². The lowest BCUT2D eigenvalue weighted by atomic mass is 10.1. The fraction of sp³-hybridized carbons (Fsp3) is 0.250.